The van der Waals surface area contributed by atoms with Crippen LogP contribution in [-0.2, 0) is 4.79 Å². The zero-order valence-electron chi connectivity index (χ0n) is 27.4. The van der Waals surface area contributed by atoms with Gasteiger partial charge in [-0.3, -0.25) is 9.59 Å². The fourth-order valence-corrected chi connectivity index (χ4v) is 5.13. The van der Waals surface area contributed by atoms with Crippen molar-refractivity contribution >= 4 is 23.8 Å². The van der Waals surface area contributed by atoms with Crippen LogP contribution in [0.4, 0.5) is 0 Å². The van der Waals surface area contributed by atoms with Gasteiger partial charge < -0.3 is 29.1 Å². The van der Waals surface area contributed by atoms with E-state index in [1.807, 2.05) is 44.2 Å². The number of ketones is 1. The molecule has 240 valence electrons. The molecule has 44 heavy (non-hydrogen) atoms. The zero-order valence-corrected chi connectivity index (χ0v) is 27.4. The average molecular weight is 608 g/mol. The molecule has 0 aliphatic carbocycles. The predicted octanol–water partition coefficient (Wildman–Crippen LogP) is 6.80. The zero-order chi connectivity index (χ0) is 32.2. The van der Waals surface area contributed by atoms with Crippen molar-refractivity contribution in [3.8, 4) is 23.0 Å². The Morgan fingerprint density at radius 1 is 1.05 bits per heavy atom. The lowest BCUT2D eigenvalue weighted by Gasteiger charge is -2.29. The molecule has 2 aromatic carbocycles. The Bertz CT molecular complexity index is 1310. The van der Waals surface area contributed by atoms with E-state index in [4.69, 9.17) is 14.2 Å². The van der Waals surface area contributed by atoms with Gasteiger partial charge in [-0.2, -0.15) is 0 Å². The van der Waals surface area contributed by atoms with Crippen LogP contribution in [0.2, 0.25) is 0 Å². The molecule has 1 aliphatic heterocycles. The van der Waals surface area contributed by atoms with Crippen molar-refractivity contribution in [3.63, 3.8) is 0 Å². The largest absolute Gasteiger partial charge is 0.506 e. The molecule has 0 atom stereocenters. The number of ether oxygens (including phenoxy) is 3. The van der Waals surface area contributed by atoms with Crippen LogP contribution in [0.1, 0.15) is 87.2 Å². The monoisotopic (exact) mass is 607 g/mol. The van der Waals surface area contributed by atoms with Crippen molar-refractivity contribution in [1.82, 2.24) is 5.32 Å². The van der Waals surface area contributed by atoms with Gasteiger partial charge >= 0.3 is 0 Å². The summed E-state index contributed by atoms with van der Waals surface area (Å²) in [6.45, 7) is 8.85. The van der Waals surface area contributed by atoms with Crippen molar-refractivity contribution in [1.29, 1.82) is 0 Å². The topological polar surface area (TPSA) is 94.1 Å². The highest BCUT2D eigenvalue weighted by Crippen LogP contribution is 2.43. The lowest BCUT2D eigenvalue weighted by atomic mass is 9.97. The van der Waals surface area contributed by atoms with E-state index in [0.717, 1.165) is 50.1 Å². The molecule has 1 heterocycles. The summed E-state index contributed by atoms with van der Waals surface area (Å²) in [7, 11) is 5.67. The van der Waals surface area contributed by atoms with Gasteiger partial charge in [-0.05, 0) is 75.5 Å². The highest BCUT2D eigenvalue weighted by atomic mass is 16.5. The molecular formula is C36H51N2O6+. The van der Waals surface area contributed by atoms with Crippen LogP contribution in [0.3, 0.4) is 0 Å². The smallest absolute Gasteiger partial charge is 0.275 e. The second-order valence-corrected chi connectivity index (χ2v) is 12.7. The molecule has 8 heteroatoms. The van der Waals surface area contributed by atoms with Gasteiger partial charge in [0.15, 0.2) is 12.3 Å². The molecule has 2 N–H and O–H groups in total. The number of hydrogen-bond acceptors (Lipinski definition) is 6. The number of carbonyl (C=O) groups excluding carboxylic acids is 2. The Morgan fingerprint density at radius 3 is 2.48 bits per heavy atom. The molecule has 0 spiro atoms. The van der Waals surface area contributed by atoms with Crippen LogP contribution >= 0.6 is 0 Å². The van der Waals surface area contributed by atoms with Gasteiger partial charge in [0.2, 0.25) is 0 Å². The summed E-state index contributed by atoms with van der Waals surface area (Å²) >= 11 is 0. The first kappa shape index (κ1) is 34.7. The highest BCUT2D eigenvalue weighted by molar-refractivity contribution is 6.11. The number of rotatable bonds is 18. The Labute approximate surface area is 263 Å². The second kappa shape index (κ2) is 16.3. The van der Waals surface area contributed by atoms with Gasteiger partial charge in [0.25, 0.3) is 5.91 Å². The number of aromatic hydroxyl groups is 1. The van der Waals surface area contributed by atoms with Crippen LogP contribution in [0, 0.1) is 0 Å². The molecule has 2 aromatic rings. The first-order chi connectivity index (χ1) is 20.9. The molecule has 1 aliphatic rings. The molecule has 3 rings (SSSR count). The van der Waals surface area contributed by atoms with Crippen molar-refractivity contribution < 1.29 is 33.4 Å². The normalized spacial score (nSPS) is 13.8. The van der Waals surface area contributed by atoms with E-state index < -0.39 is 5.60 Å². The molecule has 1 amide bonds. The van der Waals surface area contributed by atoms with Crippen LogP contribution in [0.5, 0.6) is 23.0 Å². The van der Waals surface area contributed by atoms with E-state index in [-0.39, 0.29) is 28.8 Å². The summed E-state index contributed by atoms with van der Waals surface area (Å²) in [5, 5.41) is 13.9. The number of likely N-dealkylation sites (N-methyl/N-ethyl adjacent to an activating group) is 1. The Hall–Kier alpha value is -3.78. The number of carbonyl (C=O) groups is 2. The summed E-state index contributed by atoms with van der Waals surface area (Å²) in [5.74, 6) is 1.09. The molecule has 0 fully saturated rings. The number of fused-ring (bicyclic) bond motifs is 1. The maximum absolute atomic E-state index is 13.1. The number of phenols is 1. The summed E-state index contributed by atoms with van der Waals surface area (Å²) < 4.78 is 17.9. The number of nitrogens with zero attached hydrogens (tertiary/aromatic N) is 1. The third kappa shape index (κ3) is 10.7. The third-order valence-corrected chi connectivity index (χ3v) is 7.66. The van der Waals surface area contributed by atoms with Crippen molar-refractivity contribution in [2.75, 3.05) is 47.4 Å². The van der Waals surface area contributed by atoms with E-state index in [1.54, 1.807) is 18.2 Å². The summed E-state index contributed by atoms with van der Waals surface area (Å²) in [4.78, 5) is 25.3. The number of hydrogen-bond donors (Lipinski definition) is 2. The number of phenolic OH excluding ortho intramolecular Hbond substituents is 1. The maximum Gasteiger partial charge on any atom is 0.275 e. The highest BCUT2D eigenvalue weighted by Gasteiger charge is 2.28. The number of amides is 1. The quantitative estimate of drug-likeness (QED) is 0.0838. The number of methoxy groups -OCH3 is 1. The van der Waals surface area contributed by atoms with Gasteiger partial charge in [-0.1, -0.05) is 44.4 Å². The van der Waals surface area contributed by atoms with E-state index in [1.165, 1.54) is 32.4 Å². The first-order valence-corrected chi connectivity index (χ1v) is 15.8. The van der Waals surface area contributed by atoms with E-state index in [0.29, 0.717) is 28.9 Å². The lowest BCUT2D eigenvalue weighted by Crippen LogP contribution is -2.48. The van der Waals surface area contributed by atoms with Gasteiger partial charge in [-0.15, -0.1) is 0 Å². The number of nitrogens with one attached hydrogen (secondary N) is 1. The summed E-state index contributed by atoms with van der Waals surface area (Å²) in [6.07, 6.45) is 14.4. The Kier molecular flexibility index (Phi) is 12.9. The number of benzene rings is 2. The molecule has 0 saturated heterocycles. The fourth-order valence-electron chi connectivity index (χ4n) is 5.13. The number of allylic oxidation sites excluding steroid dienone is 1. The number of unbranched alkanes of at least 4 members (excludes halogenated alkanes) is 5. The minimum absolute atomic E-state index is 0.0960. The Balaban J connectivity index is 1.41. The molecule has 8 nitrogen and oxygen atoms in total. The van der Waals surface area contributed by atoms with Gasteiger partial charge in [-0.25, -0.2) is 0 Å². The second-order valence-electron chi connectivity index (χ2n) is 12.7. The van der Waals surface area contributed by atoms with Crippen molar-refractivity contribution in [2.24, 2.45) is 0 Å². The lowest BCUT2D eigenvalue weighted by molar-refractivity contribution is -0.882. The van der Waals surface area contributed by atoms with Crippen LogP contribution < -0.4 is 19.5 Å². The summed E-state index contributed by atoms with van der Waals surface area (Å²) in [6, 6.07) is 9.17. The minimum atomic E-state index is -0.518. The first-order valence-electron chi connectivity index (χ1n) is 15.8. The van der Waals surface area contributed by atoms with E-state index >= 15 is 0 Å². The standard InChI is InChI=1S/C36H50N2O6/c1-7-8-9-11-22-37-33(40)26-38(4,5)23-12-10-13-24-43-28-17-14-27(15-18-28)16-19-30(39)34-32(42-6)25-31-29(35(34)41)20-21-36(2,3)44-31/h14-21,25H,7-13,22-24,26H2,1-6H3,(H-,37,39,40,41)/p+1/b19-16+. The van der Waals surface area contributed by atoms with Gasteiger partial charge in [0.1, 0.15) is 34.2 Å². The minimum Gasteiger partial charge on any atom is -0.506 e. The predicted molar refractivity (Wildman–Crippen MR) is 177 cm³/mol. The molecule has 0 bridgehead atoms. The molecule has 0 saturated carbocycles. The van der Waals surface area contributed by atoms with Crippen LogP contribution in [-0.4, -0.2) is 74.3 Å². The maximum atomic E-state index is 13.1. The molecule has 0 radical (unpaired) electrons. The average Bonchev–Trinajstić information content (AvgIpc) is 2.97. The van der Waals surface area contributed by atoms with Crippen LogP contribution in [0.25, 0.3) is 12.2 Å². The van der Waals surface area contributed by atoms with Crippen molar-refractivity contribution in [3.05, 3.63) is 59.2 Å². The molecule has 0 unspecified atom stereocenters. The van der Waals surface area contributed by atoms with Gasteiger partial charge in [0.05, 0.1) is 39.9 Å². The SMILES string of the molecule is CCCCCCNC(=O)C[N+](C)(C)CCCCCOc1ccc(/C=C/C(=O)c2c(OC)cc3c(c2O)C=CC(C)(C)O3)cc1. The van der Waals surface area contributed by atoms with E-state index in [9.17, 15) is 14.7 Å². The van der Waals surface area contributed by atoms with Gasteiger partial charge in [0, 0.05) is 12.6 Å². The number of quaternary nitrogens is 1. The molecule has 0 aromatic heterocycles. The summed E-state index contributed by atoms with van der Waals surface area (Å²) in [5.41, 5.74) is 0.869. The third-order valence-electron chi connectivity index (χ3n) is 7.66. The molecular weight excluding hydrogens is 556 g/mol. The van der Waals surface area contributed by atoms with Crippen LogP contribution in [0.15, 0.2) is 42.5 Å². The van der Waals surface area contributed by atoms with Crippen molar-refractivity contribution in [2.45, 2.75) is 71.3 Å². The Morgan fingerprint density at radius 2 is 1.77 bits per heavy atom. The van der Waals surface area contributed by atoms with E-state index in [2.05, 4.69) is 26.3 Å². The fraction of sp³-hybridized carbons (Fsp3) is 0.500.